The van der Waals surface area contributed by atoms with Gasteiger partial charge in [0, 0.05) is 24.0 Å². The Bertz CT molecular complexity index is 1450. The molecule has 0 radical (unpaired) electrons. The van der Waals surface area contributed by atoms with Gasteiger partial charge in [-0.2, -0.15) is 13.2 Å². The maximum Gasteiger partial charge on any atom is 0.416 e. The molecule has 0 unspecified atom stereocenters. The number of hydrogen-bond donors (Lipinski definition) is 1. The average molecular weight is 610 g/mol. The zero-order valence-electron chi connectivity index (χ0n) is 22.7. The van der Waals surface area contributed by atoms with Crippen LogP contribution in [0.4, 0.5) is 18.9 Å². The Morgan fingerprint density at radius 3 is 2.12 bits per heavy atom. The predicted octanol–water partition coefficient (Wildman–Crippen LogP) is 5.29. The molecule has 3 aromatic rings. The smallest absolute Gasteiger partial charge is 0.352 e. The summed E-state index contributed by atoms with van der Waals surface area (Å²) in [6.45, 7) is 2.62. The molecule has 1 N–H and O–H groups in total. The predicted molar refractivity (Wildman–Crippen MR) is 153 cm³/mol. The van der Waals surface area contributed by atoms with Crippen molar-refractivity contribution in [3.63, 3.8) is 0 Å². The molecule has 0 spiro atoms. The van der Waals surface area contributed by atoms with E-state index in [1.807, 2.05) is 6.07 Å². The second-order valence-corrected chi connectivity index (χ2v) is 12.2. The van der Waals surface area contributed by atoms with Crippen molar-refractivity contribution in [1.82, 2.24) is 10.2 Å². The quantitative estimate of drug-likeness (QED) is 0.320. The molecule has 3 aromatic carbocycles. The minimum Gasteiger partial charge on any atom is -0.352 e. The van der Waals surface area contributed by atoms with Crippen LogP contribution in [0.25, 0.3) is 0 Å². The molecule has 0 aliphatic rings. The molecular formula is C29H31ClF3N3O4S. The molecule has 0 aliphatic carbocycles. The highest BCUT2D eigenvalue weighted by molar-refractivity contribution is 7.92. The first-order valence-corrected chi connectivity index (χ1v) is 14.9. The van der Waals surface area contributed by atoms with Crippen LogP contribution in [-0.2, 0) is 38.8 Å². The zero-order valence-corrected chi connectivity index (χ0v) is 24.3. The lowest BCUT2D eigenvalue weighted by Gasteiger charge is -2.34. The highest BCUT2D eigenvalue weighted by Gasteiger charge is 2.35. The number of amides is 2. The number of sulfonamides is 1. The largest absolute Gasteiger partial charge is 0.416 e. The van der Waals surface area contributed by atoms with Crippen molar-refractivity contribution in [2.24, 2.45) is 0 Å². The molecule has 0 fully saturated rings. The van der Waals surface area contributed by atoms with E-state index in [4.69, 9.17) is 11.6 Å². The van der Waals surface area contributed by atoms with Gasteiger partial charge in [0.15, 0.2) is 0 Å². The summed E-state index contributed by atoms with van der Waals surface area (Å²) in [5, 5.41) is 3.28. The first-order valence-electron chi connectivity index (χ1n) is 12.7. The molecule has 12 heteroatoms. The van der Waals surface area contributed by atoms with Gasteiger partial charge in [0.05, 0.1) is 17.5 Å². The Kier molecular flexibility index (Phi) is 10.4. The van der Waals surface area contributed by atoms with Crippen LogP contribution in [0.15, 0.2) is 78.9 Å². The normalized spacial score (nSPS) is 12.6. The van der Waals surface area contributed by atoms with Crippen LogP contribution in [0.2, 0.25) is 5.02 Å². The van der Waals surface area contributed by atoms with Crippen molar-refractivity contribution in [3.8, 4) is 0 Å². The molecule has 220 valence electrons. The number of hydrogen-bond acceptors (Lipinski definition) is 4. The number of carbonyl (C=O) groups excluding carboxylic acids is 2. The van der Waals surface area contributed by atoms with E-state index in [-0.39, 0.29) is 24.7 Å². The third-order valence-corrected chi connectivity index (χ3v) is 7.50. The fourth-order valence-corrected chi connectivity index (χ4v) is 5.14. The number of alkyl halides is 3. The number of halogens is 4. The van der Waals surface area contributed by atoms with Crippen LogP contribution in [0.3, 0.4) is 0 Å². The molecule has 3 rings (SSSR count). The van der Waals surface area contributed by atoms with E-state index in [0.717, 1.165) is 24.0 Å². The first-order chi connectivity index (χ1) is 19.1. The molecular weight excluding hydrogens is 579 g/mol. The fourth-order valence-electron chi connectivity index (χ4n) is 4.17. The summed E-state index contributed by atoms with van der Waals surface area (Å²) in [7, 11) is -4.21. The van der Waals surface area contributed by atoms with Gasteiger partial charge in [0.1, 0.15) is 12.6 Å². The highest BCUT2D eigenvalue weighted by atomic mass is 35.5. The molecule has 0 aliphatic heterocycles. The lowest BCUT2D eigenvalue weighted by atomic mass is 10.0. The first kappa shape index (κ1) is 32.0. The fraction of sp³-hybridized carbons (Fsp3) is 0.310. The summed E-state index contributed by atoms with van der Waals surface area (Å²) in [4.78, 5) is 28.7. The monoisotopic (exact) mass is 609 g/mol. The number of nitrogens with one attached hydrogen (secondary N) is 1. The number of carbonyl (C=O) groups is 2. The minimum absolute atomic E-state index is 0.0841. The van der Waals surface area contributed by atoms with Gasteiger partial charge in [-0.25, -0.2) is 8.42 Å². The van der Waals surface area contributed by atoms with Crippen LogP contribution in [-0.4, -0.2) is 50.0 Å². The standard InChI is InChI=1S/C29H31ClF3N3O4S/c1-20(2)34-28(38)26(16-21-8-5-4-6-9-21)35(18-22-12-14-24(30)15-13-22)27(37)19-36(41(3,39)40)25-11-7-10-23(17-25)29(31,32)33/h4-15,17,20,26H,16,18-19H2,1-3H3,(H,34,38)/t26-/m1/s1. The van der Waals surface area contributed by atoms with Crippen molar-refractivity contribution in [2.45, 2.75) is 45.1 Å². The minimum atomic E-state index is -4.72. The van der Waals surface area contributed by atoms with Gasteiger partial charge in [0.2, 0.25) is 21.8 Å². The maximum absolute atomic E-state index is 13.9. The van der Waals surface area contributed by atoms with Gasteiger partial charge in [-0.05, 0) is 55.3 Å². The zero-order chi connectivity index (χ0) is 30.4. The van der Waals surface area contributed by atoms with Gasteiger partial charge in [-0.3, -0.25) is 13.9 Å². The molecule has 0 bridgehead atoms. The van der Waals surface area contributed by atoms with E-state index in [2.05, 4.69) is 5.32 Å². The molecule has 0 heterocycles. The maximum atomic E-state index is 13.9. The number of benzene rings is 3. The van der Waals surface area contributed by atoms with Crippen molar-refractivity contribution in [2.75, 3.05) is 17.1 Å². The summed E-state index contributed by atoms with van der Waals surface area (Å²) >= 11 is 6.02. The molecule has 0 aromatic heterocycles. The average Bonchev–Trinajstić information content (AvgIpc) is 2.89. The molecule has 41 heavy (non-hydrogen) atoms. The van der Waals surface area contributed by atoms with E-state index in [1.54, 1.807) is 62.4 Å². The van der Waals surface area contributed by atoms with Crippen LogP contribution in [0, 0.1) is 0 Å². The van der Waals surface area contributed by atoms with E-state index in [0.29, 0.717) is 21.0 Å². The number of rotatable bonds is 11. The van der Waals surface area contributed by atoms with Crippen molar-refractivity contribution in [3.05, 3.63) is 101 Å². The summed E-state index contributed by atoms with van der Waals surface area (Å²) in [6.07, 6.45) is -3.81. The van der Waals surface area contributed by atoms with Crippen molar-refractivity contribution in [1.29, 1.82) is 0 Å². The summed E-state index contributed by atoms with van der Waals surface area (Å²) in [5.74, 6) is -1.24. The Hall–Kier alpha value is -3.57. The topological polar surface area (TPSA) is 86.8 Å². The lowest BCUT2D eigenvalue weighted by Crippen LogP contribution is -2.54. The van der Waals surface area contributed by atoms with Crippen molar-refractivity contribution >= 4 is 39.1 Å². The summed E-state index contributed by atoms with van der Waals surface area (Å²) in [5.41, 5.74) is -0.0213. The lowest BCUT2D eigenvalue weighted by molar-refractivity contribution is -0.140. The third kappa shape index (κ3) is 9.22. The Labute approximate surface area is 243 Å². The van der Waals surface area contributed by atoms with Crippen molar-refractivity contribution < 1.29 is 31.2 Å². The third-order valence-electron chi connectivity index (χ3n) is 6.11. The molecule has 7 nitrogen and oxygen atoms in total. The summed E-state index contributed by atoms with van der Waals surface area (Å²) < 4.78 is 66.3. The van der Waals surface area contributed by atoms with Gasteiger partial charge in [-0.1, -0.05) is 60.1 Å². The van der Waals surface area contributed by atoms with Crippen LogP contribution in [0.1, 0.15) is 30.5 Å². The van der Waals surface area contributed by atoms with Gasteiger partial charge in [0.25, 0.3) is 0 Å². The van der Waals surface area contributed by atoms with E-state index in [9.17, 15) is 31.2 Å². The molecule has 1 atom stereocenters. The van der Waals surface area contributed by atoms with Gasteiger partial charge < -0.3 is 10.2 Å². The van der Waals surface area contributed by atoms with Gasteiger partial charge in [-0.15, -0.1) is 0 Å². The highest BCUT2D eigenvalue weighted by Crippen LogP contribution is 2.32. The second-order valence-electron chi connectivity index (χ2n) is 9.83. The summed E-state index contributed by atoms with van der Waals surface area (Å²) in [6, 6.07) is 18.0. The molecule has 0 saturated carbocycles. The Balaban J connectivity index is 2.07. The second kappa shape index (κ2) is 13.4. The SMILES string of the molecule is CC(C)NC(=O)[C@@H](Cc1ccccc1)N(Cc1ccc(Cl)cc1)C(=O)CN(c1cccc(C(F)(F)F)c1)S(C)(=O)=O. The Morgan fingerprint density at radius 1 is 0.927 bits per heavy atom. The van der Waals surface area contributed by atoms with Crippen LogP contribution in [0.5, 0.6) is 0 Å². The molecule has 0 saturated heterocycles. The number of anilines is 1. The van der Waals surface area contributed by atoms with Crippen LogP contribution < -0.4 is 9.62 Å². The van der Waals surface area contributed by atoms with Gasteiger partial charge >= 0.3 is 6.18 Å². The number of nitrogens with zero attached hydrogens (tertiary/aromatic N) is 2. The van der Waals surface area contributed by atoms with E-state index >= 15 is 0 Å². The van der Waals surface area contributed by atoms with Crippen LogP contribution >= 0.6 is 11.6 Å². The van der Waals surface area contributed by atoms with E-state index in [1.165, 1.54) is 11.0 Å². The molecule has 2 amide bonds. The van der Waals surface area contributed by atoms with E-state index < -0.39 is 46.2 Å². The Morgan fingerprint density at radius 2 is 1.56 bits per heavy atom.